The molecule has 1 fully saturated rings. The fourth-order valence-corrected chi connectivity index (χ4v) is 3.18. The second-order valence-electron chi connectivity index (χ2n) is 7.90. The van der Waals surface area contributed by atoms with E-state index in [0.717, 1.165) is 24.0 Å². The van der Waals surface area contributed by atoms with Gasteiger partial charge >= 0.3 is 0 Å². The van der Waals surface area contributed by atoms with E-state index in [2.05, 4.69) is 10.6 Å². The Morgan fingerprint density at radius 3 is 2.50 bits per heavy atom. The van der Waals surface area contributed by atoms with Crippen molar-refractivity contribution in [2.24, 2.45) is 5.92 Å². The Labute approximate surface area is 187 Å². The van der Waals surface area contributed by atoms with Crippen LogP contribution in [-0.4, -0.2) is 18.4 Å². The maximum Gasteiger partial charge on any atom is 0.262 e. The predicted molar refractivity (Wildman–Crippen MR) is 124 cm³/mol. The zero-order valence-electron chi connectivity index (χ0n) is 18.0. The van der Waals surface area contributed by atoms with Crippen LogP contribution in [0, 0.1) is 12.8 Å². The minimum Gasteiger partial charge on any atom is -0.487 e. The molecule has 3 aromatic rings. The van der Waals surface area contributed by atoms with Crippen LogP contribution in [-0.2, 0) is 16.2 Å². The van der Waals surface area contributed by atoms with Crippen molar-refractivity contribution in [1.82, 2.24) is 0 Å². The lowest BCUT2D eigenvalue weighted by Gasteiger charge is -2.14. The number of carbonyl (C=O) groups excluding carboxylic acids is 2. The highest BCUT2D eigenvalue weighted by Crippen LogP contribution is 2.30. The standard InChI is InChI=1S/C26H26N2O4/c1-18-10-13-23(24(14-18)32-16-19-6-3-2-4-7-19)28-25(29)17-31-22-9-5-8-21(15-22)27-26(30)20-11-12-20/h2-10,13-15,20H,11-12,16-17H2,1H3,(H,27,30)(H,28,29). The largest absolute Gasteiger partial charge is 0.487 e. The first kappa shape index (κ1) is 21.4. The highest BCUT2D eigenvalue weighted by molar-refractivity contribution is 5.94. The molecule has 0 heterocycles. The number of hydrogen-bond donors (Lipinski definition) is 2. The van der Waals surface area contributed by atoms with Crippen LogP contribution in [0.4, 0.5) is 11.4 Å². The molecule has 0 atom stereocenters. The second-order valence-corrected chi connectivity index (χ2v) is 7.90. The predicted octanol–water partition coefficient (Wildman–Crippen LogP) is 4.94. The summed E-state index contributed by atoms with van der Waals surface area (Å²) in [6, 6.07) is 22.5. The molecule has 0 bridgehead atoms. The van der Waals surface area contributed by atoms with E-state index < -0.39 is 0 Å². The van der Waals surface area contributed by atoms with Gasteiger partial charge in [-0.05, 0) is 55.2 Å². The summed E-state index contributed by atoms with van der Waals surface area (Å²) in [7, 11) is 0. The Bertz CT molecular complexity index is 1090. The number of ether oxygens (including phenoxy) is 2. The molecule has 164 valence electrons. The van der Waals surface area contributed by atoms with Gasteiger partial charge in [0, 0.05) is 17.7 Å². The summed E-state index contributed by atoms with van der Waals surface area (Å²) in [5.41, 5.74) is 3.33. The van der Waals surface area contributed by atoms with E-state index in [9.17, 15) is 9.59 Å². The van der Waals surface area contributed by atoms with Gasteiger partial charge in [-0.3, -0.25) is 9.59 Å². The van der Waals surface area contributed by atoms with Crippen molar-refractivity contribution in [3.8, 4) is 11.5 Å². The summed E-state index contributed by atoms with van der Waals surface area (Å²) >= 11 is 0. The fourth-order valence-electron chi connectivity index (χ4n) is 3.18. The molecule has 0 aromatic heterocycles. The number of rotatable bonds is 9. The summed E-state index contributed by atoms with van der Waals surface area (Å²) in [4.78, 5) is 24.4. The molecule has 2 amide bonds. The third kappa shape index (κ3) is 6.11. The van der Waals surface area contributed by atoms with E-state index >= 15 is 0 Å². The van der Waals surface area contributed by atoms with Crippen molar-refractivity contribution in [3.63, 3.8) is 0 Å². The quantitative estimate of drug-likeness (QED) is 0.504. The summed E-state index contributed by atoms with van der Waals surface area (Å²) in [5.74, 6) is 0.969. The lowest BCUT2D eigenvalue weighted by molar-refractivity contribution is -0.118. The Morgan fingerprint density at radius 1 is 0.906 bits per heavy atom. The van der Waals surface area contributed by atoms with E-state index in [1.165, 1.54) is 0 Å². The number of anilines is 2. The van der Waals surface area contributed by atoms with Crippen molar-refractivity contribution < 1.29 is 19.1 Å². The van der Waals surface area contributed by atoms with Gasteiger partial charge in [0.05, 0.1) is 5.69 Å². The Hall–Kier alpha value is -3.80. The Kier molecular flexibility index (Phi) is 6.70. The first-order valence-electron chi connectivity index (χ1n) is 10.7. The summed E-state index contributed by atoms with van der Waals surface area (Å²) in [6.07, 6.45) is 1.89. The van der Waals surface area contributed by atoms with Gasteiger partial charge in [0.25, 0.3) is 5.91 Å². The highest BCUT2D eigenvalue weighted by Gasteiger charge is 2.29. The number of aryl methyl sites for hydroxylation is 1. The third-order valence-corrected chi connectivity index (χ3v) is 5.07. The van der Waals surface area contributed by atoms with Crippen molar-refractivity contribution in [3.05, 3.63) is 83.9 Å². The molecule has 1 saturated carbocycles. The number of nitrogens with one attached hydrogen (secondary N) is 2. The van der Waals surface area contributed by atoms with Crippen molar-refractivity contribution in [2.75, 3.05) is 17.2 Å². The third-order valence-electron chi connectivity index (χ3n) is 5.07. The average molecular weight is 431 g/mol. The maximum atomic E-state index is 12.5. The topological polar surface area (TPSA) is 76.7 Å². The molecule has 0 saturated heterocycles. The first-order valence-corrected chi connectivity index (χ1v) is 10.7. The van der Waals surface area contributed by atoms with Crippen LogP contribution in [0.2, 0.25) is 0 Å². The molecule has 0 radical (unpaired) electrons. The van der Waals surface area contributed by atoms with E-state index in [-0.39, 0.29) is 24.3 Å². The molecule has 6 heteroatoms. The number of hydrogen-bond acceptors (Lipinski definition) is 4. The smallest absolute Gasteiger partial charge is 0.262 e. The lowest BCUT2D eigenvalue weighted by Crippen LogP contribution is -2.20. The zero-order chi connectivity index (χ0) is 22.3. The number of benzene rings is 3. The molecule has 32 heavy (non-hydrogen) atoms. The lowest BCUT2D eigenvalue weighted by atomic mass is 10.2. The SMILES string of the molecule is Cc1ccc(NC(=O)COc2cccc(NC(=O)C3CC3)c2)c(OCc2ccccc2)c1. The maximum absolute atomic E-state index is 12.5. The van der Waals surface area contributed by atoms with Gasteiger partial charge in [-0.1, -0.05) is 42.5 Å². The normalized spacial score (nSPS) is 12.7. The molecule has 1 aliphatic rings. The molecule has 0 spiro atoms. The minimum absolute atomic E-state index is 0.0299. The molecular formula is C26H26N2O4. The van der Waals surface area contributed by atoms with Crippen LogP contribution in [0.5, 0.6) is 11.5 Å². The molecule has 3 aromatic carbocycles. The van der Waals surface area contributed by atoms with Crippen LogP contribution in [0.25, 0.3) is 0 Å². The molecular weight excluding hydrogens is 404 g/mol. The van der Waals surface area contributed by atoms with Crippen LogP contribution in [0.3, 0.4) is 0 Å². The van der Waals surface area contributed by atoms with Crippen LogP contribution in [0.15, 0.2) is 72.8 Å². The fraction of sp³-hybridized carbons (Fsp3) is 0.231. The van der Waals surface area contributed by atoms with Gasteiger partial charge in [0.15, 0.2) is 6.61 Å². The summed E-state index contributed by atoms with van der Waals surface area (Å²) < 4.78 is 11.6. The zero-order valence-corrected chi connectivity index (χ0v) is 18.0. The summed E-state index contributed by atoms with van der Waals surface area (Å²) in [5, 5.41) is 5.73. The van der Waals surface area contributed by atoms with Gasteiger partial charge in [-0.2, -0.15) is 0 Å². The first-order chi connectivity index (χ1) is 15.6. The van der Waals surface area contributed by atoms with Gasteiger partial charge < -0.3 is 20.1 Å². The van der Waals surface area contributed by atoms with Crippen LogP contribution < -0.4 is 20.1 Å². The van der Waals surface area contributed by atoms with Gasteiger partial charge in [-0.15, -0.1) is 0 Å². The van der Waals surface area contributed by atoms with Crippen molar-refractivity contribution >= 4 is 23.2 Å². The molecule has 2 N–H and O–H groups in total. The number of amides is 2. The monoisotopic (exact) mass is 430 g/mol. The highest BCUT2D eigenvalue weighted by atomic mass is 16.5. The van der Waals surface area contributed by atoms with E-state index in [4.69, 9.17) is 9.47 Å². The summed E-state index contributed by atoms with van der Waals surface area (Å²) in [6.45, 7) is 2.22. The van der Waals surface area contributed by atoms with Gasteiger partial charge in [-0.25, -0.2) is 0 Å². The van der Waals surface area contributed by atoms with Gasteiger partial charge in [0.2, 0.25) is 5.91 Å². The Balaban J connectivity index is 1.33. The van der Waals surface area contributed by atoms with E-state index in [1.54, 1.807) is 24.3 Å². The second kappa shape index (κ2) is 10.0. The van der Waals surface area contributed by atoms with E-state index in [1.807, 2.05) is 55.5 Å². The molecule has 4 rings (SSSR count). The van der Waals surface area contributed by atoms with Crippen LogP contribution >= 0.6 is 0 Å². The van der Waals surface area contributed by atoms with E-state index in [0.29, 0.717) is 29.5 Å². The Morgan fingerprint density at radius 2 is 1.72 bits per heavy atom. The average Bonchev–Trinajstić information content (AvgIpc) is 3.64. The molecule has 1 aliphatic carbocycles. The van der Waals surface area contributed by atoms with Gasteiger partial charge in [0.1, 0.15) is 18.1 Å². The molecule has 0 unspecified atom stereocenters. The van der Waals surface area contributed by atoms with Crippen molar-refractivity contribution in [1.29, 1.82) is 0 Å². The molecule has 0 aliphatic heterocycles. The van der Waals surface area contributed by atoms with Crippen LogP contribution in [0.1, 0.15) is 24.0 Å². The van der Waals surface area contributed by atoms with Crippen molar-refractivity contribution in [2.45, 2.75) is 26.4 Å². The molecule has 6 nitrogen and oxygen atoms in total. The minimum atomic E-state index is -0.300. The number of carbonyl (C=O) groups is 2.